The van der Waals surface area contributed by atoms with Crippen LogP contribution in [-0.4, -0.2) is 46.4 Å². The molecule has 138 valence electrons. The van der Waals surface area contributed by atoms with Crippen LogP contribution in [0.4, 0.5) is 0 Å². The average Bonchev–Trinajstić information content (AvgIpc) is 3.01. The van der Waals surface area contributed by atoms with Crippen LogP contribution in [0.25, 0.3) is 0 Å². The molecule has 1 amide bonds. The number of fused-ring (bicyclic) bond motifs is 4. The van der Waals surface area contributed by atoms with E-state index in [1.165, 1.54) is 12.0 Å². The van der Waals surface area contributed by atoms with Gasteiger partial charge in [-0.15, -0.1) is 11.3 Å². The quantitative estimate of drug-likeness (QED) is 0.781. The second kappa shape index (κ2) is 8.31. The first-order valence-electron chi connectivity index (χ1n) is 9.71. The van der Waals surface area contributed by atoms with Gasteiger partial charge in [0, 0.05) is 44.0 Å². The standard InChI is InChI=1S/C21H27N3OS/c25-21(8-4-7-17-5-2-1-3-6-17)24-12-18-9-10-20(24)14-23(11-18)13-19-15-26-16-22-19/h1-3,5-6,15-16,18,20H,4,7-14H2/t18-,20+/m0/s1. The summed E-state index contributed by atoms with van der Waals surface area (Å²) in [5.41, 5.74) is 4.40. The van der Waals surface area contributed by atoms with Crippen molar-refractivity contribution in [3.05, 3.63) is 52.5 Å². The monoisotopic (exact) mass is 369 g/mol. The SMILES string of the molecule is O=C(CCCc1ccccc1)N1C[C@H]2CC[C@@H]1CN(Cc1cscn1)C2. The van der Waals surface area contributed by atoms with Crippen LogP contribution in [0.15, 0.2) is 41.2 Å². The molecule has 4 nitrogen and oxygen atoms in total. The maximum Gasteiger partial charge on any atom is 0.222 e. The first kappa shape index (κ1) is 17.7. The van der Waals surface area contributed by atoms with Crippen molar-refractivity contribution in [1.82, 2.24) is 14.8 Å². The predicted molar refractivity (Wildman–Crippen MR) is 105 cm³/mol. The Labute approximate surface area is 159 Å². The number of amides is 1. The molecule has 3 fully saturated rings. The van der Waals surface area contributed by atoms with Gasteiger partial charge in [-0.05, 0) is 37.2 Å². The predicted octanol–water partition coefficient (Wildman–Crippen LogP) is 3.59. The number of thiazole rings is 1. The third-order valence-corrected chi connectivity index (χ3v) is 6.31. The molecule has 0 saturated carbocycles. The Balaban J connectivity index is 1.31. The summed E-state index contributed by atoms with van der Waals surface area (Å²) in [6.07, 6.45) is 5.02. The second-order valence-corrected chi connectivity index (χ2v) is 8.38. The number of carbonyl (C=O) groups excluding carboxylic acids is 1. The minimum Gasteiger partial charge on any atom is -0.338 e. The lowest BCUT2D eigenvalue weighted by molar-refractivity contribution is -0.135. The summed E-state index contributed by atoms with van der Waals surface area (Å²) < 4.78 is 0. The number of piperidine rings is 1. The Bertz CT molecular complexity index is 703. The van der Waals surface area contributed by atoms with Crippen LogP contribution >= 0.6 is 11.3 Å². The van der Waals surface area contributed by atoms with Crippen LogP contribution in [0.3, 0.4) is 0 Å². The lowest BCUT2D eigenvalue weighted by atomic mass is 9.94. The van der Waals surface area contributed by atoms with Crippen molar-refractivity contribution in [2.24, 2.45) is 5.92 Å². The van der Waals surface area contributed by atoms with Crippen LogP contribution in [0.5, 0.6) is 0 Å². The van der Waals surface area contributed by atoms with Gasteiger partial charge in [0.2, 0.25) is 5.91 Å². The van der Waals surface area contributed by atoms with E-state index in [1.807, 2.05) is 11.6 Å². The lowest BCUT2D eigenvalue weighted by Gasteiger charge is -2.36. The van der Waals surface area contributed by atoms with E-state index in [2.05, 4.69) is 44.4 Å². The van der Waals surface area contributed by atoms with Crippen molar-refractivity contribution in [3.63, 3.8) is 0 Å². The summed E-state index contributed by atoms with van der Waals surface area (Å²) in [5, 5.41) is 2.14. The highest BCUT2D eigenvalue weighted by Gasteiger charge is 2.36. The van der Waals surface area contributed by atoms with Gasteiger partial charge in [-0.1, -0.05) is 30.3 Å². The molecule has 0 radical (unpaired) electrons. The largest absolute Gasteiger partial charge is 0.338 e. The molecule has 5 rings (SSSR count). The number of benzene rings is 1. The van der Waals surface area contributed by atoms with Gasteiger partial charge in [-0.25, -0.2) is 4.98 Å². The van der Waals surface area contributed by atoms with Gasteiger partial charge in [0.15, 0.2) is 0 Å². The van der Waals surface area contributed by atoms with E-state index in [0.717, 1.165) is 51.1 Å². The zero-order valence-corrected chi connectivity index (χ0v) is 16.0. The fourth-order valence-electron chi connectivity index (χ4n) is 4.39. The molecule has 5 heteroatoms. The summed E-state index contributed by atoms with van der Waals surface area (Å²) >= 11 is 1.66. The van der Waals surface area contributed by atoms with Crippen molar-refractivity contribution in [2.45, 2.75) is 44.7 Å². The molecule has 2 atom stereocenters. The number of aromatic nitrogens is 1. The second-order valence-electron chi connectivity index (χ2n) is 7.66. The maximum atomic E-state index is 12.9. The zero-order valence-electron chi connectivity index (χ0n) is 15.2. The van der Waals surface area contributed by atoms with Crippen molar-refractivity contribution in [3.8, 4) is 0 Å². The molecule has 0 unspecified atom stereocenters. The summed E-state index contributed by atoms with van der Waals surface area (Å²) in [6, 6.07) is 10.9. The number of carbonyl (C=O) groups is 1. The normalized spacial score (nSPS) is 23.2. The van der Waals surface area contributed by atoms with Gasteiger partial charge in [0.25, 0.3) is 0 Å². The number of nitrogens with zero attached hydrogens (tertiary/aromatic N) is 3. The van der Waals surface area contributed by atoms with Crippen LogP contribution in [0.2, 0.25) is 0 Å². The fourth-order valence-corrected chi connectivity index (χ4v) is 4.94. The minimum absolute atomic E-state index is 0.353. The molecule has 0 spiro atoms. The van der Waals surface area contributed by atoms with Gasteiger partial charge in [0.1, 0.15) is 0 Å². The molecule has 2 bridgehead atoms. The van der Waals surface area contributed by atoms with E-state index in [9.17, 15) is 4.79 Å². The molecule has 1 aromatic carbocycles. The molecule has 1 aromatic heterocycles. The van der Waals surface area contributed by atoms with E-state index in [1.54, 1.807) is 11.3 Å². The third kappa shape index (κ3) is 4.33. The Morgan fingerprint density at radius 3 is 2.85 bits per heavy atom. The average molecular weight is 370 g/mol. The van der Waals surface area contributed by atoms with E-state index in [-0.39, 0.29) is 0 Å². The number of hydrogen-bond donors (Lipinski definition) is 0. The third-order valence-electron chi connectivity index (χ3n) is 5.68. The Morgan fingerprint density at radius 2 is 2.04 bits per heavy atom. The summed E-state index contributed by atoms with van der Waals surface area (Å²) in [5.74, 6) is 0.969. The number of hydrogen-bond acceptors (Lipinski definition) is 4. The fraction of sp³-hybridized carbons (Fsp3) is 0.524. The Morgan fingerprint density at radius 1 is 1.15 bits per heavy atom. The molecule has 0 aliphatic carbocycles. The van der Waals surface area contributed by atoms with Gasteiger partial charge in [0.05, 0.1) is 11.2 Å². The van der Waals surface area contributed by atoms with Crippen molar-refractivity contribution in [1.29, 1.82) is 0 Å². The van der Waals surface area contributed by atoms with Crippen LogP contribution in [-0.2, 0) is 17.8 Å². The summed E-state index contributed by atoms with van der Waals surface area (Å²) in [6.45, 7) is 3.97. The topological polar surface area (TPSA) is 36.4 Å². The van der Waals surface area contributed by atoms with Gasteiger partial charge in [-0.2, -0.15) is 0 Å². The first-order valence-corrected chi connectivity index (χ1v) is 10.6. The minimum atomic E-state index is 0.353. The van der Waals surface area contributed by atoms with Gasteiger partial charge >= 0.3 is 0 Å². The maximum absolute atomic E-state index is 12.9. The number of rotatable bonds is 6. The Kier molecular flexibility index (Phi) is 5.65. The molecule has 3 aliphatic heterocycles. The molecule has 0 N–H and O–H groups in total. The van der Waals surface area contributed by atoms with E-state index >= 15 is 0 Å². The molecule has 3 saturated heterocycles. The van der Waals surface area contributed by atoms with Crippen molar-refractivity contribution < 1.29 is 4.79 Å². The molecular weight excluding hydrogens is 342 g/mol. The smallest absolute Gasteiger partial charge is 0.222 e. The zero-order chi connectivity index (χ0) is 17.8. The van der Waals surface area contributed by atoms with E-state index in [4.69, 9.17) is 0 Å². The van der Waals surface area contributed by atoms with Crippen molar-refractivity contribution >= 4 is 17.2 Å². The van der Waals surface area contributed by atoms with Crippen LogP contribution in [0, 0.1) is 5.92 Å². The molecule has 26 heavy (non-hydrogen) atoms. The Hall–Kier alpha value is -1.72. The highest BCUT2D eigenvalue weighted by molar-refractivity contribution is 7.07. The molecular formula is C21H27N3OS. The lowest BCUT2D eigenvalue weighted by Crippen LogP contribution is -2.47. The number of aryl methyl sites for hydroxylation is 1. The molecule has 3 aliphatic rings. The van der Waals surface area contributed by atoms with Crippen LogP contribution in [0.1, 0.15) is 36.9 Å². The van der Waals surface area contributed by atoms with Crippen molar-refractivity contribution in [2.75, 3.05) is 19.6 Å². The summed E-state index contributed by atoms with van der Waals surface area (Å²) in [4.78, 5) is 22.0. The highest BCUT2D eigenvalue weighted by Crippen LogP contribution is 2.29. The summed E-state index contributed by atoms with van der Waals surface area (Å²) in [7, 11) is 0. The van der Waals surface area contributed by atoms with Gasteiger partial charge < -0.3 is 4.90 Å². The van der Waals surface area contributed by atoms with Crippen LogP contribution < -0.4 is 0 Å². The molecule has 2 aromatic rings. The van der Waals surface area contributed by atoms with E-state index in [0.29, 0.717) is 24.3 Å². The first-order chi connectivity index (χ1) is 12.8. The molecule has 4 heterocycles. The highest BCUT2D eigenvalue weighted by atomic mass is 32.1. The van der Waals surface area contributed by atoms with E-state index < -0.39 is 0 Å². The van der Waals surface area contributed by atoms with Gasteiger partial charge in [-0.3, -0.25) is 9.69 Å².